The largest absolute Gasteiger partial charge is 0.480 e. The second kappa shape index (κ2) is 3.12. The van der Waals surface area contributed by atoms with Gasteiger partial charge in [-0.15, -0.1) is 11.8 Å². The van der Waals surface area contributed by atoms with E-state index in [1.54, 1.807) is 11.8 Å². The highest BCUT2D eigenvalue weighted by Gasteiger charge is 2.44. The molecule has 2 saturated heterocycles. The number of carboxylic acid groups (broad SMARTS) is 1. The predicted octanol–water partition coefficient (Wildman–Crippen LogP) is 0.609. The normalized spacial score (nSPS) is 40.8. The molecule has 3 nitrogen and oxygen atoms in total. The van der Waals surface area contributed by atoms with Crippen molar-refractivity contribution in [2.75, 3.05) is 17.3 Å². The molecule has 2 N–H and O–H groups in total. The number of thioether (sulfide) groups is 2. The van der Waals surface area contributed by atoms with E-state index in [0.717, 1.165) is 23.7 Å². The van der Waals surface area contributed by atoms with Crippen molar-refractivity contribution in [1.82, 2.24) is 5.32 Å². The summed E-state index contributed by atoms with van der Waals surface area (Å²) in [5, 5.41) is 12.0. The SMILES string of the molecule is O=C(O)[C@H]1CSC2(CCSC2)N1. The van der Waals surface area contributed by atoms with Gasteiger partial charge in [0.15, 0.2) is 0 Å². The van der Waals surface area contributed by atoms with Gasteiger partial charge in [0.1, 0.15) is 6.04 Å². The van der Waals surface area contributed by atoms with Crippen LogP contribution in [0.3, 0.4) is 0 Å². The molecular formula is C7H11NO2S2. The van der Waals surface area contributed by atoms with Crippen molar-refractivity contribution in [3.8, 4) is 0 Å². The van der Waals surface area contributed by atoms with Gasteiger partial charge in [-0.2, -0.15) is 11.8 Å². The number of nitrogens with one attached hydrogen (secondary N) is 1. The van der Waals surface area contributed by atoms with Gasteiger partial charge in [0.2, 0.25) is 0 Å². The Labute approximate surface area is 79.7 Å². The molecule has 2 aliphatic heterocycles. The molecule has 0 bridgehead atoms. The van der Waals surface area contributed by atoms with Crippen molar-refractivity contribution in [2.45, 2.75) is 17.3 Å². The maximum Gasteiger partial charge on any atom is 0.321 e. The van der Waals surface area contributed by atoms with Gasteiger partial charge in [-0.25, -0.2) is 0 Å². The zero-order chi connectivity index (χ0) is 8.60. The molecule has 0 aromatic heterocycles. The third kappa shape index (κ3) is 1.45. The molecule has 5 heteroatoms. The van der Waals surface area contributed by atoms with Gasteiger partial charge in [0.05, 0.1) is 4.87 Å². The molecule has 12 heavy (non-hydrogen) atoms. The molecule has 2 rings (SSSR count). The Morgan fingerprint density at radius 2 is 2.50 bits per heavy atom. The Morgan fingerprint density at radius 1 is 1.67 bits per heavy atom. The zero-order valence-electron chi connectivity index (χ0n) is 6.58. The lowest BCUT2D eigenvalue weighted by atomic mass is 10.2. The molecule has 0 amide bonds. The quantitative estimate of drug-likeness (QED) is 0.657. The molecule has 0 saturated carbocycles. The van der Waals surface area contributed by atoms with Crippen LogP contribution < -0.4 is 5.32 Å². The Morgan fingerprint density at radius 3 is 3.00 bits per heavy atom. The second-order valence-electron chi connectivity index (χ2n) is 3.14. The lowest BCUT2D eigenvalue weighted by molar-refractivity contribution is -0.138. The Kier molecular flexibility index (Phi) is 2.27. The van der Waals surface area contributed by atoms with Crippen LogP contribution in [0.4, 0.5) is 0 Å². The van der Waals surface area contributed by atoms with Crippen LogP contribution in [0.15, 0.2) is 0 Å². The van der Waals surface area contributed by atoms with Crippen LogP contribution in [0.2, 0.25) is 0 Å². The second-order valence-corrected chi connectivity index (χ2v) is 5.65. The van der Waals surface area contributed by atoms with E-state index in [2.05, 4.69) is 5.32 Å². The van der Waals surface area contributed by atoms with Gasteiger partial charge in [-0.3, -0.25) is 10.1 Å². The monoisotopic (exact) mass is 205 g/mol. The van der Waals surface area contributed by atoms with Crippen LogP contribution >= 0.6 is 23.5 Å². The van der Waals surface area contributed by atoms with Gasteiger partial charge >= 0.3 is 5.97 Å². The van der Waals surface area contributed by atoms with Crippen LogP contribution in [0.1, 0.15) is 6.42 Å². The topological polar surface area (TPSA) is 49.3 Å². The first-order valence-electron chi connectivity index (χ1n) is 3.94. The molecule has 0 radical (unpaired) electrons. The van der Waals surface area contributed by atoms with E-state index in [-0.39, 0.29) is 10.9 Å². The smallest absolute Gasteiger partial charge is 0.321 e. The minimum atomic E-state index is -0.712. The highest BCUT2D eigenvalue weighted by molar-refractivity contribution is 8.04. The third-order valence-corrected chi connectivity index (χ3v) is 5.14. The van der Waals surface area contributed by atoms with E-state index in [1.807, 2.05) is 11.8 Å². The summed E-state index contributed by atoms with van der Waals surface area (Å²) in [6, 6.07) is -0.325. The lowest BCUT2D eigenvalue weighted by Crippen LogP contribution is -2.45. The average molecular weight is 205 g/mol. The number of hydrogen-bond donors (Lipinski definition) is 2. The number of carboxylic acids is 1. The number of aliphatic carboxylic acids is 1. The average Bonchev–Trinajstić information content (AvgIpc) is 2.62. The highest BCUT2D eigenvalue weighted by atomic mass is 32.2. The fourth-order valence-electron chi connectivity index (χ4n) is 1.55. The summed E-state index contributed by atoms with van der Waals surface area (Å²) < 4.78 is 0. The fourth-order valence-corrected chi connectivity index (χ4v) is 4.64. The number of rotatable bonds is 1. The van der Waals surface area contributed by atoms with Gasteiger partial charge < -0.3 is 5.11 Å². The molecule has 2 fully saturated rings. The minimum Gasteiger partial charge on any atom is -0.480 e. The summed E-state index contributed by atoms with van der Waals surface area (Å²) in [5.74, 6) is 2.22. The summed E-state index contributed by atoms with van der Waals surface area (Å²) in [6.45, 7) is 0. The van der Waals surface area contributed by atoms with Crippen molar-refractivity contribution in [1.29, 1.82) is 0 Å². The summed E-state index contributed by atoms with van der Waals surface area (Å²) >= 11 is 3.68. The maximum atomic E-state index is 10.7. The molecule has 2 aliphatic rings. The summed E-state index contributed by atoms with van der Waals surface area (Å²) in [6.07, 6.45) is 1.10. The minimum absolute atomic E-state index is 0.0910. The van der Waals surface area contributed by atoms with Crippen LogP contribution in [-0.4, -0.2) is 39.2 Å². The zero-order valence-corrected chi connectivity index (χ0v) is 8.21. The van der Waals surface area contributed by atoms with Crippen molar-refractivity contribution < 1.29 is 9.90 Å². The summed E-state index contributed by atoms with van der Waals surface area (Å²) in [7, 11) is 0. The van der Waals surface area contributed by atoms with E-state index in [1.165, 1.54) is 0 Å². The van der Waals surface area contributed by atoms with E-state index >= 15 is 0 Å². The highest BCUT2D eigenvalue weighted by Crippen LogP contribution is 2.41. The van der Waals surface area contributed by atoms with Crippen molar-refractivity contribution >= 4 is 29.5 Å². The molecule has 1 unspecified atom stereocenters. The first-order chi connectivity index (χ1) is 5.72. The van der Waals surface area contributed by atoms with E-state index in [0.29, 0.717) is 0 Å². The number of hydrogen-bond acceptors (Lipinski definition) is 4. The van der Waals surface area contributed by atoms with E-state index in [9.17, 15) is 4.79 Å². The van der Waals surface area contributed by atoms with Gasteiger partial charge in [0.25, 0.3) is 0 Å². The molecule has 0 aliphatic carbocycles. The number of carbonyl (C=O) groups is 1. The van der Waals surface area contributed by atoms with Crippen molar-refractivity contribution in [3.63, 3.8) is 0 Å². The molecule has 2 atom stereocenters. The van der Waals surface area contributed by atoms with Crippen molar-refractivity contribution in [2.24, 2.45) is 0 Å². The first kappa shape index (κ1) is 8.72. The van der Waals surface area contributed by atoms with Crippen molar-refractivity contribution in [3.05, 3.63) is 0 Å². The van der Waals surface area contributed by atoms with E-state index < -0.39 is 5.97 Å². The Bertz CT molecular complexity index is 204. The van der Waals surface area contributed by atoms with Crippen LogP contribution in [-0.2, 0) is 4.79 Å². The van der Waals surface area contributed by atoms with Crippen LogP contribution in [0, 0.1) is 0 Å². The van der Waals surface area contributed by atoms with Gasteiger partial charge in [-0.1, -0.05) is 0 Å². The molecular weight excluding hydrogens is 194 g/mol. The molecule has 68 valence electrons. The fraction of sp³-hybridized carbons (Fsp3) is 0.857. The standard InChI is InChI=1S/C7H11NO2S2/c9-6(10)5-3-12-7(8-5)1-2-11-4-7/h5,8H,1-4H2,(H,9,10)/t5-,7?/m1/s1. The molecule has 1 spiro atoms. The van der Waals surface area contributed by atoms with E-state index in [4.69, 9.17) is 5.11 Å². The Hall–Kier alpha value is 0.130. The predicted molar refractivity (Wildman–Crippen MR) is 51.7 cm³/mol. The molecule has 0 aromatic rings. The summed E-state index contributed by atoms with van der Waals surface area (Å²) in [5.41, 5.74) is 0. The van der Waals surface area contributed by atoms with Crippen LogP contribution in [0.5, 0.6) is 0 Å². The van der Waals surface area contributed by atoms with Crippen LogP contribution in [0.25, 0.3) is 0 Å². The Balaban J connectivity index is 2.01. The first-order valence-corrected chi connectivity index (χ1v) is 6.08. The lowest BCUT2D eigenvalue weighted by Gasteiger charge is -2.21. The maximum absolute atomic E-state index is 10.7. The van der Waals surface area contributed by atoms with Gasteiger partial charge in [-0.05, 0) is 12.2 Å². The molecule has 2 heterocycles. The molecule has 0 aromatic carbocycles. The third-order valence-electron chi connectivity index (χ3n) is 2.25. The summed E-state index contributed by atoms with van der Waals surface area (Å²) in [4.78, 5) is 10.7. The van der Waals surface area contributed by atoms with Gasteiger partial charge in [0, 0.05) is 11.5 Å².